The Hall–Kier alpha value is -2.35. The van der Waals surface area contributed by atoms with E-state index in [2.05, 4.69) is 0 Å². The fourth-order valence-corrected chi connectivity index (χ4v) is 4.66. The Morgan fingerprint density at radius 1 is 1.21 bits per heavy atom. The summed E-state index contributed by atoms with van der Waals surface area (Å²) in [7, 11) is -2.46. The number of hydrogen-bond donors (Lipinski definition) is 1. The van der Waals surface area contributed by atoms with Gasteiger partial charge >= 0.3 is 20.0 Å². The van der Waals surface area contributed by atoms with E-state index in [4.69, 9.17) is 14.0 Å². The topological polar surface area (TPSA) is 119 Å². The highest BCUT2D eigenvalue weighted by Gasteiger charge is 2.42. The zero-order valence-electron chi connectivity index (χ0n) is 20.3. The maximum atomic E-state index is 13.0. The average molecular weight is 497 g/mol. The van der Waals surface area contributed by atoms with Gasteiger partial charge in [-0.2, -0.15) is 0 Å². The van der Waals surface area contributed by atoms with Crippen molar-refractivity contribution in [3.63, 3.8) is 0 Å². The Labute approximate surface area is 201 Å². The second-order valence-electron chi connectivity index (χ2n) is 9.36. The molecule has 1 aromatic carbocycles. The van der Waals surface area contributed by atoms with Crippen molar-refractivity contribution >= 4 is 25.9 Å². The number of hydrogen-bond acceptors (Lipinski definition) is 7. The van der Waals surface area contributed by atoms with Crippen molar-refractivity contribution in [1.29, 1.82) is 0 Å². The van der Waals surface area contributed by atoms with Crippen molar-refractivity contribution < 1.29 is 38.1 Å². The van der Waals surface area contributed by atoms with Gasteiger partial charge in [-0.25, -0.2) is 4.79 Å². The number of ether oxygens (including phenoxy) is 2. The molecule has 0 radical (unpaired) electrons. The molecule has 1 amide bonds. The van der Waals surface area contributed by atoms with Gasteiger partial charge in [0.05, 0.1) is 5.41 Å². The van der Waals surface area contributed by atoms with Gasteiger partial charge in [-0.05, 0) is 63.5 Å². The number of carboxylic acids is 1. The van der Waals surface area contributed by atoms with E-state index in [9.17, 15) is 24.1 Å². The number of aliphatic carboxylic acids is 1. The van der Waals surface area contributed by atoms with E-state index in [1.165, 1.54) is 11.8 Å². The van der Waals surface area contributed by atoms with Crippen LogP contribution < -0.4 is 0 Å². The standard InChI is InChI=1S/C24H34NO8P/c1-17(21(26)25-15-9-13-19(25)22(27)28)33-34(30)20(31-16-32-23(29)24(2,3)4)14-8-12-18-10-6-5-7-11-18/h5-7,10-11,17,19-20H,8-9,12-16H2,1-4H3/p+1/t17?,19-,20?/m0/s1. The Kier molecular flexibility index (Phi) is 10.6. The second-order valence-corrected chi connectivity index (χ2v) is 10.7. The van der Waals surface area contributed by atoms with Crippen LogP contribution in [0, 0.1) is 5.41 Å². The maximum Gasteiger partial charge on any atom is 0.541 e. The molecule has 0 aliphatic carbocycles. The molecule has 1 aliphatic rings. The fraction of sp³-hybridized carbons (Fsp3) is 0.625. The lowest BCUT2D eigenvalue weighted by atomic mass is 9.98. The van der Waals surface area contributed by atoms with Gasteiger partial charge in [-0.1, -0.05) is 30.3 Å². The summed E-state index contributed by atoms with van der Waals surface area (Å²) in [6.45, 7) is 6.53. The average Bonchev–Trinajstić information content (AvgIpc) is 3.27. The lowest BCUT2D eigenvalue weighted by molar-refractivity contribution is -0.167. The number of nitrogens with zero attached hydrogens (tertiary/aromatic N) is 1. The van der Waals surface area contributed by atoms with Gasteiger partial charge in [-0.15, -0.1) is 4.52 Å². The molecular formula is C24H35NO8P+. The van der Waals surface area contributed by atoms with E-state index < -0.39 is 49.3 Å². The zero-order valence-corrected chi connectivity index (χ0v) is 21.2. The van der Waals surface area contributed by atoms with Crippen LogP contribution in [0.5, 0.6) is 0 Å². The number of likely N-dealkylation sites (tertiary alicyclic amines) is 1. The van der Waals surface area contributed by atoms with Crippen molar-refractivity contribution in [2.45, 2.75) is 77.8 Å². The van der Waals surface area contributed by atoms with Gasteiger partial charge in [0.15, 0.2) is 12.9 Å². The van der Waals surface area contributed by atoms with Crippen LogP contribution in [0.15, 0.2) is 30.3 Å². The minimum atomic E-state index is -2.46. The Morgan fingerprint density at radius 2 is 1.88 bits per heavy atom. The molecular weight excluding hydrogens is 461 g/mol. The molecule has 1 heterocycles. The number of carbonyl (C=O) groups excluding carboxylic acids is 2. The molecule has 1 aromatic rings. The highest BCUT2D eigenvalue weighted by molar-refractivity contribution is 7.39. The number of esters is 1. The third kappa shape index (κ3) is 8.46. The van der Waals surface area contributed by atoms with Crippen LogP contribution in [-0.4, -0.2) is 59.2 Å². The molecule has 4 atom stereocenters. The van der Waals surface area contributed by atoms with Gasteiger partial charge in [0.25, 0.3) is 11.8 Å². The summed E-state index contributed by atoms with van der Waals surface area (Å²) in [6, 6.07) is 8.90. The third-order valence-electron chi connectivity index (χ3n) is 5.49. The SMILES string of the molecule is CC(O[P+](=O)C(CCCc1ccccc1)OCOC(=O)C(C)(C)C)C(=O)N1CCC[C@H]1C(=O)O. The van der Waals surface area contributed by atoms with Crippen LogP contribution in [0.25, 0.3) is 0 Å². The van der Waals surface area contributed by atoms with Crippen LogP contribution in [0.3, 0.4) is 0 Å². The largest absolute Gasteiger partial charge is 0.541 e. The smallest absolute Gasteiger partial charge is 0.480 e. The van der Waals surface area contributed by atoms with Crippen LogP contribution in [-0.2, 0) is 39.4 Å². The van der Waals surface area contributed by atoms with Gasteiger partial charge in [-0.3, -0.25) is 14.3 Å². The first-order valence-corrected chi connectivity index (χ1v) is 12.7. The van der Waals surface area contributed by atoms with E-state index in [0.717, 1.165) is 12.0 Å². The second kappa shape index (κ2) is 12.9. The predicted molar refractivity (Wildman–Crippen MR) is 125 cm³/mol. The molecule has 1 saturated heterocycles. The number of benzene rings is 1. The summed E-state index contributed by atoms with van der Waals surface area (Å²) in [5.41, 5.74) is 0.413. The Bertz CT molecular complexity index is 854. The molecule has 188 valence electrons. The van der Waals surface area contributed by atoms with E-state index in [-0.39, 0.29) is 6.79 Å². The molecule has 0 bridgehead atoms. The number of amides is 1. The lowest BCUT2D eigenvalue weighted by Crippen LogP contribution is -2.45. The van der Waals surface area contributed by atoms with E-state index >= 15 is 0 Å². The molecule has 1 fully saturated rings. The summed E-state index contributed by atoms with van der Waals surface area (Å²) >= 11 is 0. The molecule has 1 N–H and O–H groups in total. The number of rotatable bonds is 12. The number of carbonyl (C=O) groups is 3. The first-order valence-electron chi connectivity index (χ1n) is 11.5. The van der Waals surface area contributed by atoms with Gasteiger partial charge in [0.1, 0.15) is 6.04 Å². The maximum absolute atomic E-state index is 13.0. The van der Waals surface area contributed by atoms with Crippen molar-refractivity contribution in [2.24, 2.45) is 5.41 Å². The van der Waals surface area contributed by atoms with Crippen LogP contribution >= 0.6 is 8.03 Å². The minimum absolute atomic E-state index is 0.319. The summed E-state index contributed by atoms with van der Waals surface area (Å²) in [5, 5.41) is 9.32. The molecule has 34 heavy (non-hydrogen) atoms. The summed E-state index contributed by atoms with van der Waals surface area (Å²) in [6.07, 6.45) is 1.60. The van der Waals surface area contributed by atoms with Crippen LogP contribution in [0.2, 0.25) is 0 Å². The highest BCUT2D eigenvalue weighted by Crippen LogP contribution is 2.36. The van der Waals surface area contributed by atoms with Crippen molar-refractivity contribution in [1.82, 2.24) is 4.90 Å². The van der Waals surface area contributed by atoms with Crippen molar-refractivity contribution in [3.05, 3.63) is 35.9 Å². The van der Waals surface area contributed by atoms with Crippen LogP contribution in [0.1, 0.15) is 58.9 Å². The number of aryl methyl sites for hydroxylation is 1. The fourth-order valence-electron chi connectivity index (χ4n) is 3.55. The highest BCUT2D eigenvalue weighted by atomic mass is 31.1. The molecule has 0 spiro atoms. The summed E-state index contributed by atoms with van der Waals surface area (Å²) < 4.78 is 29.2. The molecule has 0 saturated carbocycles. The van der Waals surface area contributed by atoms with E-state index in [1.54, 1.807) is 20.8 Å². The zero-order chi connectivity index (χ0) is 25.3. The molecule has 9 nitrogen and oxygen atoms in total. The Morgan fingerprint density at radius 3 is 2.50 bits per heavy atom. The van der Waals surface area contributed by atoms with Crippen LogP contribution in [0.4, 0.5) is 0 Å². The molecule has 0 aromatic heterocycles. The van der Waals surface area contributed by atoms with Gasteiger partial charge in [0.2, 0.25) is 0 Å². The minimum Gasteiger partial charge on any atom is -0.480 e. The van der Waals surface area contributed by atoms with Gasteiger partial charge in [0, 0.05) is 13.0 Å². The predicted octanol–water partition coefficient (Wildman–Crippen LogP) is 4.12. The summed E-state index contributed by atoms with van der Waals surface area (Å²) in [5.74, 6) is -2.93. The number of carboxylic acid groups (broad SMARTS) is 1. The van der Waals surface area contributed by atoms with E-state index in [0.29, 0.717) is 32.2 Å². The summed E-state index contributed by atoms with van der Waals surface area (Å²) in [4.78, 5) is 37.4. The van der Waals surface area contributed by atoms with E-state index in [1.807, 2.05) is 30.3 Å². The monoisotopic (exact) mass is 496 g/mol. The first-order chi connectivity index (χ1) is 16.0. The molecule has 10 heteroatoms. The van der Waals surface area contributed by atoms with Gasteiger partial charge < -0.3 is 14.7 Å². The first kappa shape index (κ1) is 27.9. The van der Waals surface area contributed by atoms with Crippen molar-refractivity contribution in [2.75, 3.05) is 13.3 Å². The molecule has 1 aliphatic heterocycles. The normalized spacial score (nSPS) is 18.3. The molecule has 2 rings (SSSR count). The lowest BCUT2D eigenvalue weighted by Gasteiger charge is -2.23. The van der Waals surface area contributed by atoms with Crippen molar-refractivity contribution in [3.8, 4) is 0 Å². The quantitative estimate of drug-likeness (QED) is 0.261. The Balaban J connectivity index is 1.97. The third-order valence-corrected chi connectivity index (χ3v) is 6.89. The molecule has 3 unspecified atom stereocenters.